The lowest BCUT2D eigenvalue weighted by Crippen LogP contribution is -2.53. The first-order chi connectivity index (χ1) is 13.5. The van der Waals surface area contributed by atoms with E-state index in [4.69, 9.17) is 0 Å². The number of hydrogen-bond donors (Lipinski definition) is 0. The molecule has 0 radical (unpaired) electrons. The number of anilines is 1. The molecule has 2 aromatic carbocycles. The number of piperazine rings is 1. The molecule has 0 spiro atoms. The number of aliphatic imine (C=N–C) groups is 1. The number of hydrogen-bond acceptors (Lipinski definition) is 4. The van der Waals surface area contributed by atoms with Gasteiger partial charge < -0.3 is 9.80 Å². The van der Waals surface area contributed by atoms with E-state index in [1.54, 1.807) is 36.1 Å². The molecule has 146 valence electrons. The van der Waals surface area contributed by atoms with Gasteiger partial charge in [-0.15, -0.1) is 0 Å². The lowest BCUT2D eigenvalue weighted by Gasteiger charge is -2.38. The monoisotopic (exact) mass is 384 g/mol. The number of rotatable bonds is 2. The maximum Gasteiger partial charge on any atom is 0.260 e. The Hall–Kier alpha value is -2.96. The SMILES string of the molecule is Cc1ccc(C(=O)N2CCN=C2N2CCN(c3ccccc3F)CC2)cc1F. The number of carbonyl (C=O) groups is 1. The van der Waals surface area contributed by atoms with Gasteiger partial charge in [-0.3, -0.25) is 14.7 Å². The van der Waals surface area contributed by atoms with Crippen LogP contribution in [0.5, 0.6) is 0 Å². The predicted molar refractivity (Wildman–Crippen MR) is 105 cm³/mol. The van der Waals surface area contributed by atoms with Gasteiger partial charge in [-0.25, -0.2) is 8.78 Å². The molecule has 0 unspecified atom stereocenters. The number of guanidine groups is 1. The molecule has 0 aliphatic carbocycles. The number of para-hydroxylation sites is 1. The van der Waals surface area contributed by atoms with E-state index in [0.717, 1.165) is 0 Å². The molecule has 1 saturated heterocycles. The highest BCUT2D eigenvalue weighted by Crippen LogP contribution is 2.22. The Balaban J connectivity index is 1.45. The van der Waals surface area contributed by atoms with Crippen molar-refractivity contribution in [1.82, 2.24) is 9.80 Å². The molecule has 2 aliphatic rings. The minimum atomic E-state index is -0.387. The van der Waals surface area contributed by atoms with E-state index >= 15 is 0 Å². The van der Waals surface area contributed by atoms with Gasteiger partial charge >= 0.3 is 0 Å². The topological polar surface area (TPSA) is 39.2 Å². The summed E-state index contributed by atoms with van der Waals surface area (Å²) in [5, 5.41) is 0. The number of halogens is 2. The summed E-state index contributed by atoms with van der Waals surface area (Å²) in [5.41, 5.74) is 1.43. The van der Waals surface area contributed by atoms with Gasteiger partial charge in [0, 0.05) is 38.3 Å². The second-order valence-corrected chi connectivity index (χ2v) is 7.03. The summed E-state index contributed by atoms with van der Waals surface area (Å²) in [6.45, 7) is 5.24. The summed E-state index contributed by atoms with van der Waals surface area (Å²) in [7, 11) is 0. The van der Waals surface area contributed by atoms with Crippen LogP contribution in [0.2, 0.25) is 0 Å². The van der Waals surface area contributed by atoms with Crippen LogP contribution in [0.15, 0.2) is 47.5 Å². The zero-order chi connectivity index (χ0) is 19.7. The maximum atomic E-state index is 14.0. The van der Waals surface area contributed by atoms with Gasteiger partial charge in [-0.1, -0.05) is 18.2 Å². The van der Waals surface area contributed by atoms with Crippen LogP contribution >= 0.6 is 0 Å². The summed E-state index contributed by atoms with van der Waals surface area (Å²) >= 11 is 0. The van der Waals surface area contributed by atoms with Crippen LogP contribution in [0.4, 0.5) is 14.5 Å². The smallest absolute Gasteiger partial charge is 0.260 e. The molecule has 2 aliphatic heterocycles. The number of carbonyl (C=O) groups excluding carboxylic acids is 1. The van der Waals surface area contributed by atoms with Crippen molar-refractivity contribution in [1.29, 1.82) is 0 Å². The third-order valence-electron chi connectivity index (χ3n) is 5.24. The fourth-order valence-corrected chi connectivity index (χ4v) is 3.64. The summed E-state index contributed by atoms with van der Waals surface area (Å²) < 4.78 is 27.9. The molecular formula is C21H22F2N4O. The first-order valence-corrected chi connectivity index (χ1v) is 9.41. The molecule has 1 fully saturated rings. The van der Waals surface area contributed by atoms with Gasteiger partial charge in [-0.05, 0) is 36.8 Å². The van der Waals surface area contributed by atoms with E-state index in [0.29, 0.717) is 62.0 Å². The highest BCUT2D eigenvalue weighted by Gasteiger charge is 2.31. The van der Waals surface area contributed by atoms with Crippen molar-refractivity contribution < 1.29 is 13.6 Å². The van der Waals surface area contributed by atoms with Crippen molar-refractivity contribution in [3.8, 4) is 0 Å². The van der Waals surface area contributed by atoms with Crippen LogP contribution in [-0.4, -0.2) is 60.9 Å². The number of benzene rings is 2. The van der Waals surface area contributed by atoms with Gasteiger partial charge in [0.1, 0.15) is 11.6 Å². The van der Waals surface area contributed by atoms with Gasteiger partial charge in [0.05, 0.1) is 12.2 Å². The summed E-state index contributed by atoms with van der Waals surface area (Å²) in [6, 6.07) is 11.3. The van der Waals surface area contributed by atoms with Gasteiger partial charge in [0.25, 0.3) is 5.91 Å². The van der Waals surface area contributed by atoms with Crippen molar-refractivity contribution >= 4 is 17.6 Å². The Morgan fingerprint density at radius 2 is 1.64 bits per heavy atom. The molecular weight excluding hydrogens is 362 g/mol. The average molecular weight is 384 g/mol. The molecule has 2 heterocycles. The largest absolute Gasteiger partial charge is 0.366 e. The van der Waals surface area contributed by atoms with Crippen molar-refractivity contribution in [3.63, 3.8) is 0 Å². The van der Waals surface area contributed by atoms with Gasteiger partial charge in [0.15, 0.2) is 0 Å². The molecule has 0 N–H and O–H groups in total. The van der Waals surface area contributed by atoms with E-state index in [1.165, 1.54) is 12.1 Å². The Bertz CT molecular complexity index is 922. The first-order valence-electron chi connectivity index (χ1n) is 9.41. The Morgan fingerprint density at radius 3 is 2.36 bits per heavy atom. The molecule has 0 bridgehead atoms. The third-order valence-corrected chi connectivity index (χ3v) is 5.24. The molecule has 1 amide bonds. The van der Waals surface area contributed by atoms with Crippen LogP contribution in [0.3, 0.4) is 0 Å². The molecule has 0 saturated carbocycles. The van der Waals surface area contributed by atoms with E-state index in [9.17, 15) is 13.6 Å². The average Bonchev–Trinajstić information content (AvgIpc) is 3.20. The van der Waals surface area contributed by atoms with E-state index in [2.05, 4.69) is 4.99 Å². The zero-order valence-corrected chi connectivity index (χ0v) is 15.7. The molecule has 2 aromatic rings. The molecule has 4 rings (SSSR count). The number of aryl methyl sites for hydroxylation is 1. The summed E-state index contributed by atoms with van der Waals surface area (Å²) in [6.07, 6.45) is 0. The normalized spacial score (nSPS) is 17.1. The van der Waals surface area contributed by atoms with E-state index in [-0.39, 0.29) is 17.5 Å². The number of nitrogens with zero attached hydrogens (tertiary/aromatic N) is 4. The standard InChI is InChI=1S/C21H22F2N4O/c1-15-6-7-16(14-18(15)23)20(28)27-9-8-24-21(27)26-12-10-25(11-13-26)19-5-3-2-4-17(19)22/h2-7,14H,8-13H2,1H3. The minimum Gasteiger partial charge on any atom is -0.366 e. The fraction of sp³-hybridized carbons (Fsp3) is 0.333. The van der Waals surface area contributed by atoms with E-state index in [1.807, 2.05) is 15.9 Å². The number of amides is 1. The molecule has 0 atom stereocenters. The van der Waals surface area contributed by atoms with Crippen molar-refractivity contribution in [3.05, 3.63) is 65.2 Å². The lowest BCUT2D eigenvalue weighted by molar-refractivity contribution is 0.0842. The molecule has 28 heavy (non-hydrogen) atoms. The second-order valence-electron chi connectivity index (χ2n) is 7.03. The van der Waals surface area contributed by atoms with Crippen LogP contribution in [0.1, 0.15) is 15.9 Å². The van der Waals surface area contributed by atoms with E-state index < -0.39 is 0 Å². The van der Waals surface area contributed by atoms with Crippen LogP contribution in [-0.2, 0) is 0 Å². The minimum absolute atomic E-state index is 0.229. The van der Waals surface area contributed by atoms with Crippen molar-refractivity contribution in [2.45, 2.75) is 6.92 Å². The van der Waals surface area contributed by atoms with Gasteiger partial charge in [-0.2, -0.15) is 0 Å². The zero-order valence-electron chi connectivity index (χ0n) is 15.7. The maximum absolute atomic E-state index is 14.0. The van der Waals surface area contributed by atoms with Crippen molar-refractivity contribution in [2.75, 3.05) is 44.2 Å². The van der Waals surface area contributed by atoms with Gasteiger partial charge in [0.2, 0.25) is 5.96 Å². The lowest BCUT2D eigenvalue weighted by atomic mass is 10.1. The quantitative estimate of drug-likeness (QED) is 0.799. The van der Waals surface area contributed by atoms with Crippen molar-refractivity contribution in [2.24, 2.45) is 4.99 Å². The Morgan fingerprint density at radius 1 is 0.929 bits per heavy atom. The molecule has 5 nitrogen and oxygen atoms in total. The molecule has 0 aromatic heterocycles. The highest BCUT2D eigenvalue weighted by molar-refractivity contribution is 6.06. The summed E-state index contributed by atoms with van der Waals surface area (Å²) in [5.74, 6) is -0.236. The highest BCUT2D eigenvalue weighted by atomic mass is 19.1. The van der Waals surface area contributed by atoms with Crippen LogP contribution < -0.4 is 4.90 Å². The molecule has 7 heteroatoms. The predicted octanol–water partition coefficient (Wildman–Crippen LogP) is 2.91. The van der Waals surface area contributed by atoms with Crippen LogP contribution in [0.25, 0.3) is 0 Å². The Labute approximate surface area is 162 Å². The second kappa shape index (κ2) is 7.58. The first kappa shape index (κ1) is 18.4. The summed E-state index contributed by atoms with van der Waals surface area (Å²) in [4.78, 5) is 23.1. The van der Waals surface area contributed by atoms with Crippen LogP contribution in [0, 0.1) is 18.6 Å². The third kappa shape index (κ3) is 3.44. The Kier molecular flexibility index (Phi) is 4.98. The fourth-order valence-electron chi connectivity index (χ4n) is 3.64.